The summed E-state index contributed by atoms with van der Waals surface area (Å²) in [4.78, 5) is 10.4. The van der Waals surface area contributed by atoms with E-state index in [1.54, 1.807) is 19.1 Å². The zero-order chi connectivity index (χ0) is 12.3. The molecule has 0 radical (unpaired) electrons. The molecule has 0 fully saturated rings. The van der Waals surface area contributed by atoms with E-state index in [9.17, 15) is 18.4 Å². The summed E-state index contributed by atoms with van der Waals surface area (Å²) in [5, 5.41) is 9.21. The fourth-order valence-corrected chi connectivity index (χ4v) is 2.07. The molecule has 0 saturated heterocycles. The van der Waals surface area contributed by atoms with Crippen LogP contribution >= 0.6 is 0 Å². The van der Waals surface area contributed by atoms with Crippen molar-refractivity contribution < 1.29 is 18.4 Å². The Balaban J connectivity index is 3.02. The number of primary amides is 1. The summed E-state index contributed by atoms with van der Waals surface area (Å²) in [6.07, 6.45) is 0. The molecule has 0 saturated carbocycles. The zero-order valence-corrected chi connectivity index (χ0v) is 9.44. The molecule has 7 heteroatoms. The zero-order valence-electron chi connectivity index (χ0n) is 8.62. The molecule has 0 spiro atoms. The molecule has 1 rings (SSSR count). The SMILES string of the molecule is Cc1ccc(S(=O)(=O)N(O)CC(N)=O)cc1. The molecule has 0 unspecified atom stereocenters. The third kappa shape index (κ3) is 2.78. The van der Waals surface area contributed by atoms with Crippen molar-refractivity contribution in [2.24, 2.45) is 5.73 Å². The molecule has 0 aliphatic rings. The normalized spacial score (nSPS) is 11.7. The Morgan fingerprint density at radius 3 is 2.31 bits per heavy atom. The molecular weight excluding hydrogens is 232 g/mol. The van der Waals surface area contributed by atoms with E-state index in [4.69, 9.17) is 5.73 Å². The quantitative estimate of drug-likeness (QED) is 0.720. The summed E-state index contributed by atoms with van der Waals surface area (Å²) in [6, 6.07) is 5.86. The van der Waals surface area contributed by atoms with Gasteiger partial charge in [0.2, 0.25) is 5.91 Å². The highest BCUT2D eigenvalue weighted by atomic mass is 32.2. The summed E-state index contributed by atoms with van der Waals surface area (Å²) in [6.45, 7) is 1.03. The van der Waals surface area contributed by atoms with E-state index in [2.05, 4.69) is 0 Å². The van der Waals surface area contributed by atoms with E-state index in [-0.39, 0.29) is 9.36 Å². The van der Waals surface area contributed by atoms with E-state index in [0.29, 0.717) is 0 Å². The van der Waals surface area contributed by atoms with Gasteiger partial charge in [-0.15, -0.1) is 0 Å². The summed E-state index contributed by atoms with van der Waals surface area (Å²) >= 11 is 0. The molecule has 3 N–H and O–H groups in total. The number of carbonyl (C=O) groups excluding carboxylic acids is 1. The van der Waals surface area contributed by atoms with Gasteiger partial charge < -0.3 is 5.73 Å². The van der Waals surface area contributed by atoms with Crippen LogP contribution in [0.1, 0.15) is 5.56 Å². The van der Waals surface area contributed by atoms with E-state index >= 15 is 0 Å². The van der Waals surface area contributed by atoms with E-state index in [0.717, 1.165) is 5.56 Å². The summed E-state index contributed by atoms with van der Waals surface area (Å²) < 4.78 is 23.2. The molecule has 0 bridgehead atoms. The smallest absolute Gasteiger partial charge is 0.265 e. The predicted molar refractivity (Wildman–Crippen MR) is 56.1 cm³/mol. The number of amides is 1. The van der Waals surface area contributed by atoms with Crippen molar-refractivity contribution in [3.05, 3.63) is 29.8 Å². The number of hydroxylamine groups is 1. The Hall–Kier alpha value is -1.44. The lowest BCUT2D eigenvalue weighted by atomic mass is 10.2. The van der Waals surface area contributed by atoms with Crippen molar-refractivity contribution in [3.63, 3.8) is 0 Å². The third-order valence-corrected chi connectivity index (χ3v) is 3.44. The minimum atomic E-state index is -4.06. The fourth-order valence-electron chi connectivity index (χ4n) is 1.05. The van der Waals surface area contributed by atoms with Gasteiger partial charge in [0, 0.05) is 0 Å². The third-order valence-electron chi connectivity index (χ3n) is 1.89. The van der Waals surface area contributed by atoms with Crippen molar-refractivity contribution in [1.29, 1.82) is 0 Å². The van der Waals surface area contributed by atoms with Gasteiger partial charge in [-0.05, 0) is 19.1 Å². The van der Waals surface area contributed by atoms with E-state index in [1.165, 1.54) is 12.1 Å². The van der Waals surface area contributed by atoms with Gasteiger partial charge in [-0.2, -0.15) is 0 Å². The lowest BCUT2D eigenvalue weighted by Gasteiger charge is -2.13. The largest absolute Gasteiger partial charge is 0.368 e. The van der Waals surface area contributed by atoms with Gasteiger partial charge in [-0.25, -0.2) is 8.42 Å². The van der Waals surface area contributed by atoms with Gasteiger partial charge in [0.05, 0.1) is 4.90 Å². The fraction of sp³-hybridized carbons (Fsp3) is 0.222. The molecule has 0 heterocycles. The number of aryl methyl sites for hydroxylation is 1. The van der Waals surface area contributed by atoms with Crippen LogP contribution in [0.25, 0.3) is 0 Å². The Morgan fingerprint density at radius 1 is 1.38 bits per heavy atom. The van der Waals surface area contributed by atoms with Crippen LogP contribution in [0.4, 0.5) is 0 Å². The first-order valence-corrected chi connectivity index (χ1v) is 5.84. The van der Waals surface area contributed by atoms with Crippen molar-refractivity contribution in [3.8, 4) is 0 Å². The molecule has 16 heavy (non-hydrogen) atoms. The molecular formula is C9H12N2O4S. The van der Waals surface area contributed by atoms with Crippen molar-refractivity contribution in [2.75, 3.05) is 6.54 Å². The molecule has 0 aromatic heterocycles. The van der Waals surface area contributed by atoms with Crippen LogP contribution in [0.15, 0.2) is 29.2 Å². The highest BCUT2D eigenvalue weighted by Crippen LogP contribution is 2.14. The maximum absolute atomic E-state index is 11.6. The van der Waals surface area contributed by atoms with E-state index < -0.39 is 22.5 Å². The van der Waals surface area contributed by atoms with Crippen LogP contribution in [-0.2, 0) is 14.8 Å². The van der Waals surface area contributed by atoms with Gasteiger partial charge in [0.1, 0.15) is 6.54 Å². The summed E-state index contributed by atoms with van der Waals surface area (Å²) in [5.74, 6) is -0.932. The molecule has 0 aliphatic heterocycles. The molecule has 0 aliphatic carbocycles. The number of benzene rings is 1. The predicted octanol–water partition coefficient (Wildman–Crippen LogP) is -0.140. The molecule has 1 aromatic carbocycles. The van der Waals surface area contributed by atoms with Crippen LogP contribution in [0, 0.1) is 6.92 Å². The molecule has 88 valence electrons. The van der Waals surface area contributed by atoms with E-state index in [1.807, 2.05) is 0 Å². The van der Waals surface area contributed by atoms with Crippen LogP contribution in [0.5, 0.6) is 0 Å². The average molecular weight is 244 g/mol. The second-order valence-corrected chi connectivity index (χ2v) is 5.11. The molecule has 0 atom stereocenters. The van der Waals surface area contributed by atoms with Gasteiger partial charge >= 0.3 is 0 Å². The maximum atomic E-state index is 11.6. The van der Waals surface area contributed by atoms with Gasteiger partial charge in [0.25, 0.3) is 10.0 Å². The minimum absolute atomic E-state index is 0.0694. The minimum Gasteiger partial charge on any atom is -0.368 e. The second kappa shape index (κ2) is 4.60. The van der Waals surface area contributed by atoms with Crippen LogP contribution < -0.4 is 5.73 Å². The number of hydrogen-bond acceptors (Lipinski definition) is 4. The number of rotatable bonds is 4. The number of nitrogens with two attached hydrogens (primary N) is 1. The van der Waals surface area contributed by atoms with Crippen LogP contribution in [0.2, 0.25) is 0 Å². The summed E-state index contributed by atoms with van der Waals surface area (Å²) in [5.41, 5.74) is 5.67. The number of sulfonamides is 1. The van der Waals surface area contributed by atoms with Gasteiger partial charge in [-0.3, -0.25) is 10.0 Å². The van der Waals surface area contributed by atoms with Crippen LogP contribution in [-0.4, -0.2) is 30.5 Å². The first-order valence-electron chi connectivity index (χ1n) is 4.40. The molecule has 1 aromatic rings. The number of nitrogens with zero attached hydrogens (tertiary/aromatic N) is 1. The standard InChI is InChI=1S/C9H12N2O4S/c1-7-2-4-8(5-3-7)16(14,15)11(13)6-9(10)12/h2-5,13H,6H2,1H3,(H2,10,12). The van der Waals surface area contributed by atoms with Crippen molar-refractivity contribution in [2.45, 2.75) is 11.8 Å². The van der Waals surface area contributed by atoms with Crippen molar-refractivity contribution in [1.82, 2.24) is 4.47 Å². The first-order chi connectivity index (χ1) is 7.34. The Labute approximate surface area is 93.3 Å². The van der Waals surface area contributed by atoms with Crippen molar-refractivity contribution >= 4 is 15.9 Å². The molecule has 1 amide bonds. The number of carbonyl (C=O) groups is 1. The first kappa shape index (κ1) is 12.6. The maximum Gasteiger partial charge on any atom is 0.265 e. The van der Waals surface area contributed by atoms with Gasteiger partial charge in [-0.1, -0.05) is 22.2 Å². The van der Waals surface area contributed by atoms with Crippen LogP contribution in [0.3, 0.4) is 0 Å². The number of hydrogen-bond donors (Lipinski definition) is 2. The van der Waals surface area contributed by atoms with Gasteiger partial charge in [0.15, 0.2) is 0 Å². The molecule has 6 nitrogen and oxygen atoms in total. The topological polar surface area (TPSA) is 101 Å². The lowest BCUT2D eigenvalue weighted by molar-refractivity contribution is -0.123. The monoisotopic (exact) mass is 244 g/mol. The average Bonchev–Trinajstić information content (AvgIpc) is 2.17. The highest BCUT2D eigenvalue weighted by Gasteiger charge is 2.23. The Morgan fingerprint density at radius 2 is 1.88 bits per heavy atom. The Bertz CT molecular complexity index is 481. The summed E-state index contributed by atoms with van der Waals surface area (Å²) in [7, 11) is -4.06. The second-order valence-electron chi connectivity index (χ2n) is 3.26. The Kier molecular flexibility index (Phi) is 3.63. The highest BCUT2D eigenvalue weighted by molar-refractivity contribution is 7.89. The lowest BCUT2D eigenvalue weighted by Crippen LogP contribution is -2.35.